The van der Waals surface area contributed by atoms with E-state index < -0.39 is 0 Å². The summed E-state index contributed by atoms with van der Waals surface area (Å²) >= 11 is 0. The van der Waals surface area contributed by atoms with Crippen molar-refractivity contribution in [2.75, 3.05) is 0 Å². The number of hydrogen-bond donors (Lipinski definition) is 2. The molecule has 0 fully saturated rings. The summed E-state index contributed by atoms with van der Waals surface area (Å²) in [6.07, 6.45) is 4.65. The molecule has 0 bridgehead atoms. The van der Waals surface area contributed by atoms with Crippen LogP contribution in [0.3, 0.4) is 0 Å². The van der Waals surface area contributed by atoms with Crippen molar-refractivity contribution in [2.24, 2.45) is 0 Å². The van der Waals surface area contributed by atoms with Crippen LogP contribution in [0.4, 0.5) is 0 Å². The molecule has 4 nitrogen and oxygen atoms in total. The maximum atomic E-state index is 11.9. The van der Waals surface area contributed by atoms with Gasteiger partial charge in [0.2, 0.25) is 0 Å². The smallest absolute Gasteiger partial charge is 0.274 e. The molecule has 0 spiro atoms. The Labute approximate surface area is 127 Å². The lowest BCUT2D eigenvalue weighted by Gasteiger charge is -1.99. The van der Waals surface area contributed by atoms with Crippen LogP contribution < -0.4 is 5.56 Å². The van der Waals surface area contributed by atoms with Crippen LogP contribution in [0, 0.1) is 0 Å². The van der Waals surface area contributed by atoms with Crippen molar-refractivity contribution in [3.05, 3.63) is 88.0 Å². The van der Waals surface area contributed by atoms with Crippen LogP contribution in [0.2, 0.25) is 0 Å². The predicted octanol–water partition coefficient (Wildman–Crippen LogP) is 3.54. The summed E-state index contributed by atoms with van der Waals surface area (Å²) in [5, 5.41) is 9.94. The van der Waals surface area contributed by atoms with Crippen LogP contribution in [0.5, 0.6) is 0 Å². The summed E-state index contributed by atoms with van der Waals surface area (Å²) in [6.45, 7) is 0. The fourth-order valence-electron chi connectivity index (χ4n) is 2.08. The molecule has 3 aromatic rings. The highest BCUT2D eigenvalue weighted by Crippen LogP contribution is 2.09. The molecule has 2 N–H and O–H groups in total. The van der Waals surface area contributed by atoms with E-state index >= 15 is 0 Å². The summed E-state index contributed by atoms with van der Waals surface area (Å²) in [7, 11) is 0. The van der Waals surface area contributed by atoms with E-state index in [1.165, 1.54) is 12.2 Å². The Bertz CT molecular complexity index is 909. The van der Waals surface area contributed by atoms with E-state index in [0.717, 1.165) is 5.56 Å². The molecule has 0 amide bonds. The number of aliphatic hydroxyl groups excluding tert-OH is 1. The second kappa shape index (κ2) is 6.10. The molecule has 0 unspecified atom stereocenters. The number of nitrogens with zero attached hydrogens (tertiary/aromatic N) is 1. The van der Waals surface area contributed by atoms with Crippen LogP contribution in [0.25, 0.3) is 23.2 Å². The predicted molar refractivity (Wildman–Crippen MR) is 88.4 cm³/mol. The second-order valence-electron chi connectivity index (χ2n) is 4.78. The van der Waals surface area contributed by atoms with Crippen LogP contribution in [0.15, 0.2) is 71.2 Å². The molecule has 0 saturated carbocycles. The van der Waals surface area contributed by atoms with Gasteiger partial charge in [-0.05, 0) is 23.8 Å². The normalized spacial score (nSPS) is 12.1. The molecular weight excluding hydrogens is 276 g/mol. The molecule has 22 heavy (non-hydrogen) atoms. The van der Waals surface area contributed by atoms with Gasteiger partial charge in [0.1, 0.15) is 11.5 Å². The number of hydrogen-bond acceptors (Lipinski definition) is 3. The average Bonchev–Trinajstić information content (AvgIpc) is 2.55. The quantitative estimate of drug-likeness (QED) is 0.573. The van der Waals surface area contributed by atoms with Crippen molar-refractivity contribution in [3.63, 3.8) is 0 Å². The minimum Gasteiger partial charge on any atom is -0.508 e. The van der Waals surface area contributed by atoms with Gasteiger partial charge in [-0.15, -0.1) is 0 Å². The Morgan fingerprint density at radius 2 is 1.77 bits per heavy atom. The summed E-state index contributed by atoms with van der Waals surface area (Å²) < 4.78 is 0. The number of para-hydroxylation sites is 2. The number of aromatic nitrogens is 2. The minimum absolute atomic E-state index is 0.0304. The second-order valence-corrected chi connectivity index (χ2v) is 4.78. The Hall–Kier alpha value is -3.14. The molecule has 0 atom stereocenters. The highest BCUT2D eigenvalue weighted by Gasteiger charge is 2.02. The van der Waals surface area contributed by atoms with Gasteiger partial charge in [-0.25, -0.2) is 4.98 Å². The molecular formula is C18H14N2O2. The van der Waals surface area contributed by atoms with Crippen molar-refractivity contribution in [1.82, 2.24) is 9.97 Å². The summed E-state index contributed by atoms with van der Waals surface area (Å²) in [5.41, 5.74) is 2.15. The van der Waals surface area contributed by atoms with E-state index in [4.69, 9.17) is 0 Å². The highest BCUT2D eigenvalue weighted by molar-refractivity contribution is 5.75. The maximum absolute atomic E-state index is 11.9. The van der Waals surface area contributed by atoms with Gasteiger partial charge in [-0.3, -0.25) is 4.79 Å². The lowest BCUT2D eigenvalue weighted by atomic mass is 10.2. The van der Waals surface area contributed by atoms with Crippen molar-refractivity contribution in [3.8, 4) is 0 Å². The van der Waals surface area contributed by atoms with E-state index in [2.05, 4.69) is 9.97 Å². The van der Waals surface area contributed by atoms with Gasteiger partial charge in [0, 0.05) is 6.08 Å². The minimum atomic E-state index is -0.335. The monoisotopic (exact) mass is 290 g/mol. The lowest BCUT2D eigenvalue weighted by Crippen LogP contribution is -2.11. The number of benzene rings is 2. The van der Waals surface area contributed by atoms with E-state index in [1.54, 1.807) is 18.2 Å². The third kappa shape index (κ3) is 3.12. The topological polar surface area (TPSA) is 66.0 Å². The van der Waals surface area contributed by atoms with E-state index in [0.29, 0.717) is 11.0 Å². The van der Waals surface area contributed by atoms with Crippen molar-refractivity contribution < 1.29 is 5.11 Å². The van der Waals surface area contributed by atoms with E-state index in [9.17, 15) is 9.90 Å². The fraction of sp³-hybridized carbons (Fsp3) is 0. The van der Waals surface area contributed by atoms with Crippen LogP contribution in [0.1, 0.15) is 11.3 Å². The first-order valence-corrected chi connectivity index (χ1v) is 6.85. The molecule has 108 valence electrons. The molecule has 1 heterocycles. The third-order valence-corrected chi connectivity index (χ3v) is 3.16. The number of allylic oxidation sites excluding steroid dienone is 1. The number of aromatic amines is 1. The summed E-state index contributed by atoms with van der Waals surface area (Å²) in [4.78, 5) is 18.9. The molecule has 1 aromatic heterocycles. The number of rotatable bonds is 3. The number of fused-ring (bicyclic) bond motifs is 1. The van der Waals surface area contributed by atoms with Crippen LogP contribution in [-0.4, -0.2) is 15.1 Å². The van der Waals surface area contributed by atoms with Crippen LogP contribution in [-0.2, 0) is 0 Å². The molecule has 0 aliphatic rings. The van der Waals surface area contributed by atoms with Crippen molar-refractivity contribution in [1.29, 1.82) is 0 Å². The van der Waals surface area contributed by atoms with Gasteiger partial charge in [-0.2, -0.15) is 0 Å². The number of nitrogens with one attached hydrogen (secondary N) is 1. The Kier molecular flexibility index (Phi) is 3.83. The van der Waals surface area contributed by atoms with Crippen LogP contribution >= 0.6 is 0 Å². The van der Waals surface area contributed by atoms with Crippen molar-refractivity contribution >= 4 is 23.2 Å². The number of H-pyrrole nitrogens is 1. The third-order valence-electron chi connectivity index (χ3n) is 3.16. The Balaban J connectivity index is 1.92. The molecule has 4 heteroatoms. The largest absolute Gasteiger partial charge is 0.508 e. The molecule has 0 aliphatic carbocycles. The van der Waals surface area contributed by atoms with Gasteiger partial charge >= 0.3 is 0 Å². The summed E-state index contributed by atoms with van der Waals surface area (Å²) in [6, 6.07) is 16.9. The van der Waals surface area contributed by atoms with Gasteiger partial charge < -0.3 is 10.1 Å². The molecule has 0 radical (unpaired) electrons. The van der Waals surface area contributed by atoms with Crippen molar-refractivity contribution in [2.45, 2.75) is 0 Å². The fourth-order valence-corrected chi connectivity index (χ4v) is 2.08. The zero-order chi connectivity index (χ0) is 15.4. The number of aliphatic hydroxyl groups is 1. The SMILES string of the molecule is O=c1[nH]c2ccccc2nc1/C=C(O)\C=C\c1ccccc1. The first kappa shape index (κ1) is 13.8. The Morgan fingerprint density at radius 1 is 1.05 bits per heavy atom. The van der Waals surface area contributed by atoms with Gasteiger partial charge in [0.15, 0.2) is 0 Å². The maximum Gasteiger partial charge on any atom is 0.274 e. The molecule has 0 saturated heterocycles. The van der Waals surface area contributed by atoms with Gasteiger partial charge in [0.05, 0.1) is 11.0 Å². The lowest BCUT2D eigenvalue weighted by molar-refractivity contribution is 0.438. The standard InChI is InChI=1S/C18H14N2O2/c21-14(11-10-13-6-2-1-3-7-13)12-17-18(22)20-16-9-5-4-8-15(16)19-17/h1-12,21H,(H,20,22)/b11-10+,14-12+. The first-order valence-electron chi connectivity index (χ1n) is 6.85. The van der Waals surface area contributed by atoms with Gasteiger partial charge in [0.25, 0.3) is 5.56 Å². The molecule has 2 aromatic carbocycles. The molecule has 0 aliphatic heterocycles. The van der Waals surface area contributed by atoms with E-state index in [-0.39, 0.29) is 17.0 Å². The zero-order valence-electron chi connectivity index (χ0n) is 11.7. The zero-order valence-corrected chi connectivity index (χ0v) is 11.7. The van der Waals surface area contributed by atoms with E-state index in [1.807, 2.05) is 42.5 Å². The Morgan fingerprint density at radius 3 is 2.59 bits per heavy atom. The van der Waals surface area contributed by atoms with Gasteiger partial charge in [-0.1, -0.05) is 48.5 Å². The highest BCUT2D eigenvalue weighted by atomic mass is 16.3. The first-order chi connectivity index (χ1) is 10.7. The average molecular weight is 290 g/mol. The summed E-state index contributed by atoms with van der Waals surface area (Å²) in [5.74, 6) is -0.0304. The molecule has 3 rings (SSSR count).